The minimum Gasteiger partial charge on any atom is -0.367 e. The van der Waals surface area contributed by atoms with Crippen LogP contribution in [0.25, 0.3) is 0 Å². The molecule has 1 heterocycles. The lowest BCUT2D eigenvalue weighted by atomic mass is 9.82. The van der Waals surface area contributed by atoms with Gasteiger partial charge in [-0.15, -0.1) is 0 Å². The molecule has 78 valence electrons. The van der Waals surface area contributed by atoms with Crippen LogP contribution in [0.4, 0.5) is 5.82 Å². The first-order valence-corrected chi connectivity index (χ1v) is 5.32. The predicted molar refractivity (Wildman–Crippen MR) is 59.5 cm³/mol. The Morgan fingerprint density at radius 3 is 2.80 bits per heavy atom. The number of nitriles is 1. The molecule has 3 nitrogen and oxygen atoms in total. The summed E-state index contributed by atoms with van der Waals surface area (Å²) >= 11 is 0. The Morgan fingerprint density at radius 2 is 2.20 bits per heavy atom. The van der Waals surface area contributed by atoms with E-state index in [1.807, 2.05) is 13.0 Å². The monoisotopic (exact) mass is 201 g/mol. The van der Waals surface area contributed by atoms with Crippen molar-refractivity contribution in [2.45, 2.75) is 32.7 Å². The maximum absolute atomic E-state index is 8.83. The Bertz CT molecular complexity index is 400. The molecule has 0 spiro atoms. The van der Waals surface area contributed by atoms with Crippen LogP contribution in [0, 0.1) is 24.2 Å². The number of nitrogens with one attached hydrogen (secondary N) is 1. The van der Waals surface area contributed by atoms with E-state index in [-0.39, 0.29) is 0 Å². The second-order valence-electron chi connectivity index (χ2n) is 4.41. The summed E-state index contributed by atoms with van der Waals surface area (Å²) in [6.07, 6.45) is 2.41. The van der Waals surface area contributed by atoms with Crippen LogP contribution in [0.2, 0.25) is 0 Å². The van der Waals surface area contributed by atoms with Gasteiger partial charge >= 0.3 is 0 Å². The molecule has 0 atom stereocenters. The number of aromatic nitrogens is 1. The lowest BCUT2D eigenvalue weighted by Gasteiger charge is -2.33. The molecule has 1 aliphatic rings. The smallest absolute Gasteiger partial charge is 0.127 e. The quantitative estimate of drug-likeness (QED) is 0.799. The lowest BCUT2D eigenvalue weighted by Crippen LogP contribution is -2.34. The second-order valence-corrected chi connectivity index (χ2v) is 4.41. The number of rotatable bonds is 2. The van der Waals surface area contributed by atoms with Gasteiger partial charge in [-0.1, -0.05) is 6.92 Å². The first-order chi connectivity index (χ1) is 7.17. The van der Waals surface area contributed by atoms with Crippen LogP contribution in [0.5, 0.6) is 0 Å². The van der Waals surface area contributed by atoms with Gasteiger partial charge in [-0.3, -0.25) is 0 Å². The largest absolute Gasteiger partial charge is 0.367 e. The van der Waals surface area contributed by atoms with E-state index < -0.39 is 0 Å². The molecule has 0 aromatic carbocycles. The van der Waals surface area contributed by atoms with Crippen molar-refractivity contribution in [2.75, 3.05) is 5.32 Å². The Balaban J connectivity index is 2.08. The zero-order valence-electron chi connectivity index (χ0n) is 9.12. The Hall–Kier alpha value is -1.56. The van der Waals surface area contributed by atoms with Crippen LogP contribution in [0.15, 0.2) is 12.1 Å². The number of hydrogen-bond donors (Lipinski definition) is 1. The van der Waals surface area contributed by atoms with Gasteiger partial charge in [-0.2, -0.15) is 5.26 Å². The third kappa shape index (κ3) is 2.27. The summed E-state index contributed by atoms with van der Waals surface area (Å²) < 4.78 is 0. The summed E-state index contributed by atoms with van der Waals surface area (Å²) in [6.45, 7) is 4.16. The fourth-order valence-corrected chi connectivity index (χ4v) is 2.04. The van der Waals surface area contributed by atoms with Crippen LogP contribution >= 0.6 is 0 Å². The van der Waals surface area contributed by atoms with Crippen molar-refractivity contribution in [1.82, 2.24) is 4.98 Å². The molecule has 3 heteroatoms. The summed E-state index contributed by atoms with van der Waals surface area (Å²) in [5.41, 5.74) is 1.57. The average Bonchev–Trinajstić information content (AvgIpc) is 2.14. The number of hydrogen-bond acceptors (Lipinski definition) is 3. The van der Waals surface area contributed by atoms with Crippen molar-refractivity contribution < 1.29 is 0 Å². The molecule has 1 aliphatic carbocycles. The number of pyridine rings is 1. The van der Waals surface area contributed by atoms with Gasteiger partial charge in [-0.05, 0) is 37.8 Å². The Kier molecular flexibility index (Phi) is 2.59. The molecule has 2 rings (SSSR count). The molecule has 0 saturated heterocycles. The van der Waals surface area contributed by atoms with Gasteiger partial charge in [0.2, 0.25) is 0 Å². The summed E-state index contributed by atoms with van der Waals surface area (Å²) in [4.78, 5) is 4.37. The van der Waals surface area contributed by atoms with Gasteiger partial charge in [0.1, 0.15) is 5.82 Å². The molecule has 0 aliphatic heterocycles. The normalized spacial score (nSPS) is 24.1. The maximum Gasteiger partial charge on any atom is 0.127 e. The molecule has 0 bridgehead atoms. The lowest BCUT2D eigenvalue weighted by molar-refractivity contribution is 0.308. The van der Waals surface area contributed by atoms with Crippen molar-refractivity contribution in [1.29, 1.82) is 5.26 Å². The third-order valence-electron chi connectivity index (χ3n) is 2.81. The van der Waals surface area contributed by atoms with Gasteiger partial charge < -0.3 is 5.32 Å². The highest BCUT2D eigenvalue weighted by Crippen LogP contribution is 2.29. The topological polar surface area (TPSA) is 48.7 Å². The van der Waals surface area contributed by atoms with E-state index >= 15 is 0 Å². The van der Waals surface area contributed by atoms with Crippen molar-refractivity contribution in [3.63, 3.8) is 0 Å². The van der Waals surface area contributed by atoms with E-state index in [1.165, 1.54) is 12.8 Å². The SMILES string of the molecule is Cc1cc(C#N)cc(NC2CC(C)C2)n1. The van der Waals surface area contributed by atoms with Crippen LogP contribution in [0.3, 0.4) is 0 Å². The molecule has 1 fully saturated rings. The minimum absolute atomic E-state index is 0.542. The van der Waals surface area contributed by atoms with E-state index in [1.54, 1.807) is 6.07 Å². The molecule has 1 aromatic heterocycles. The maximum atomic E-state index is 8.83. The summed E-state index contributed by atoms with van der Waals surface area (Å²) in [7, 11) is 0. The average molecular weight is 201 g/mol. The van der Waals surface area contributed by atoms with Gasteiger partial charge in [-0.25, -0.2) is 4.98 Å². The highest BCUT2D eigenvalue weighted by molar-refractivity contribution is 5.45. The van der Waals surface area contributed by atoms with Gasteiger partial charge in [0, 0.05) is 11.7 Å². The zero-order chi connectivity index (χ0) is 10.8. The molecule has 1 saturated carbocycles. The van der Waals surface area contributed by atoms with E-state index in [4.69, 9.17) is 5.26 Å². The Labute approximate surface area is 90.1 Å². The first-order valence-electron chi connectivity index (χ1n) is 5.32. The van der Waals surface area contributed by atoms with Crippen molar-refractivity contribution in [3.8, 4) is 6.07 Å². The summed E-state index contributed by atoms with van der Waals surface area (Å²) in [5.74, 6) is 1.66. The third-order valence-corrected chi connectivity index (χ3v) is 2.81. The van der Waals surface area contributed by atoms with Gasteiger partial charge in [0.15, 0.2) is 0 Å². The first kappa shape index (κ1) is 9.97. The van der Waals surface area contributed by atoms with Crippen LogP contribution in [0.1, 0.15) is 31.0 Å². The van der Waals surface area contributed by atoms with Crippen LogP contribution in [-0.2, 0) is 0 Å². The molecule has 15 heavy (non-hydrogen) atoms. The molecule has 0 unspecified atom stereocenters. The number of nitrogens with zero attached hydrogens (tertiary/aromatic N) is 2. The van der Waals surface area contributed by atoms with Crippen LogP contribution < -0.4 is 5.32 Å². The molecule has 1 N–H and O–H groups in total. The number of anilines is 1. The summed E-state index contributed by atoms with van der Waals surface area (Å²) in [5, 5.41) is 12.2. The second kappa shape index (κ2) is 3.90. The van der Waals surface area contributed by atoms with Gasteiger partial charge in [0.05, 0.1) is 11.6 Å². The minimum atomic E-state index is 0.542. The fraction of sp³-hybridized carbons (Fsp3) is 0.500. The molecule has 0 radical (unpaired) electrons. The van der Waals surface area contributed by atoms with E-state index in [9.17, 15) is 0 Å². The van der Waals surface area contributed by atoms with Crippen molar-refractivity contribution >= 4 is 5.82 Å². The number of aryl methyl sites for hydroxylation is 1. The summed E-state index contributed by atoms with van der Waals surface area (Å²) in [6, 6.07) is 6.30. The molecule has 0 amide bonds. The van der Waals surface area contributed by atoms with E-state index in [0.717, 1.165) is 17.4 Å². The molecular formula is C12H15N3. The molecular weight excluding hydrogens is 186 g/mol. The van der Waals surface area contributed by atoms with Gasteiger partial charge in [0.25, 0.3) is 0 Å². The highest BCUT2D eigenvalue weighted by atomic mass is 15.0. The fourth-order valence-electron chi connectivity index (χ4n) is 2.04. The standard InChI is InChI=1S/C12H15N3/c1-8-3-11(4-8)15-12-6-10(7-13)5-9(2)14-12/h5-6,8,11H,3-4H2,1-2H3,(H,14,15). The molecule has 1 aromatic rings. The van der Waals surface area contributed by atoms with E-state index in [0.29, 0.717) is 11.6 Å². The zero-order valence-corrected chi connectivity index (χ0v) is 9.12. The van der Waals surface area contributed by atoms with Crippen molar-refractivity contribution in [2.24, 2.45) is 5.92 Å². The highest BCUT2D eigenvalue weighted by Gasteiger charge is 2.25. The van der Waals surface area contributed by atoms with E-state index in [2.05, 4.69) is 23.3 Å². The Morgan fingerprint density at radius 1 is 1.47 bits per heavy atom. The van der Waals surface area contributed by atoms with Crippen molar-refractivity contribution in [3.05, 3.63) is 23.4 Å². The van der Waals surface area contributed by atoms with Crippen LogP contribution in [-0.4, -0.2) is 11.0 Å². The predicted octanol–water partition coefficient (Wildman–Crippen LogP) is 2.47.